The van der Waals surface area contributed by atoms with E-state index in [1.54, 1.807) is 6.92 Å². The molecule has 0 aliphatic rings. The van der Waals surface area contributed by atoms with Gasteiger partial charge in [0.1, 0.15) is 0 Å². The first kappa shape index (κ1) is 11.6. The quantitative estimate of drug-likeness (QED) is 0.852. The van der Waals surface area contributed by atoms with E-state index in [0.717, 1.165) is 21.9 Å². The van der Waals surface area contributed by atoms with Gasteiger partial charge in [0, 0.05) is 0 Å². The van der Waals surface area contributed by atoms with Gasteiger partial charge in [-0.25, -0.2) is 0 Å². The van der Waals surface area contributed by atoms with E-state index in [2.05, 4.69) is 25.1 Å². The SMILES string of the molecule is Cc1ccc(C)c2c(C(C)C(=O)O)cccc12. The van der Waals surface area contributed by atoms with E-state index in [4.69, 9.17) is 5.11 Å². The summed E-state index contributed by atoms with van der Waals surface area (Å²) < 4.78 is 0. The van der Waals surface area contributed by atoms with Crippen LogP contribution in [-0.4, -0.2) is 11.1 Å². The first-order chi connectivity index (χ1) is 8.02. The predicted octanol–water partition coefficient (Wildman–Crippen LogP) is 3.64. The lowest BCUT2D eigenvalue weighted by atomic mass is 9.90. The Labute approximate surface area is 101 Å². The molecule has 0 bridgehead atoms. The molecule has 17 heavy (non-hydrogen) atoms. The van der Waals surface area contributed by atoms with Crippen LogP contribution in [0.5, 0.6) is 0 Å². The number of aliphatic carboxylic acids is 1. The van der Waals surface area contributed by atoms with E-state index in [9.17, 15) is 4.79 Å². The highest BCUT2D eigenvalue weighted by molar-refractivity contribution is 5.94. The Morgan fingerprint density at radius 3 is 2.41 bits per heavy atom. The molecular weight excluding hydrogens is 212 g/mol. The zero-order chi connectivity index (χ0) is 12.6. The van der Waals surface area contributed by atoms with Gasteiger partial charge in [-0.15, -0.1) is 0 Å². The second-order valence-corrected chi connectivity index (χ2v) is 4.53. The van der Waals surface area contributed by atoms with Crippen molar-refractivity contribution in [1.29, 1.82) is 0 Å². The van der Waals surface area contributed by atoms with E-state index in [1.165, 1.54) is 5.56 Å². The Morgan fingerprint density at radius 1 is 1.12 bits per heavy atom. The monoisotopic (exact) mass is 228 g/mol. The van der Waals surface area contributed by atoms with Crippen LogP contribution < -0.4 is 0 Å². The fourth-order valence-corrected chi connectivity index (χ4v) is 2.26. The summed E-state index contributed by atoms with van der Waals surface area (Å²) in [5.74, 6) is -1.25. The molecule has 1 N–H and O–H groups in total. The molecular formula is C15H16O2. The average Bonchev–Trinajstić information content (AvgIpc) is 2.32. The summed E-state index contributed by atoms with van der Waals surface area (Å²) in [5, 5.41) is 11.4. The lowest BCUT2D eigenvalue weighted by molar-refractivity contribution is -0.138. The van der Waals surface area contributed by atoms with Crippen LogP contribution in [0, 0.1) is 13.8 Å². The highest BCUT2D eigenvalue weighted by Gasteiger charge is 2.17. The minimum Gasteiger partial charge on any atom is -0.481 e. The summed E-state index contributed by atoms with van der Waals surface area (Å²) in [4.78, 5) is 11.1. The number of carboxylic acids is 1. The van der Waals surface area contributed by atoms with Crippen molar-refractivity contribution in [2.45, 2.75) is 26.7 Å². The minimum atomic E-state index is -0.779. The van der Waals surface area contributed by atoms with Crippen LogP contribution in [0.15, 0.2) is 30.3 Å². The first-order valence-corrected chi connectivity index (χ1v) is 5.74. The molecule has 2 heteroatoms. The highest BCUT2D eigenvalue weighted by Crippen LogP contribution is 2.30. The Balaban J connectivity index is 2.81. The number of hydrogen-bond donors (Lipinski definition) is 1. The van der Waals surface area contributed by atoms with Crippen molar-refractivity contribution >= 4 is 16.7 Å². The maximum atomic E-state index is 11.1. The van der Waals surface area contributed by atoms with E-state index >= 15 is 0 Å². The molecule has 2 aromatic rings. The lowest BCUT2D eigenvalue weighted by Crippen LogP contribution is -2.08. The summed E-state index contributed by atoms with van der Waals surface area (Å²) in [6.45, 7) is 5.82. The maximum absolute atomic E-state index is 11.1. The fourth-order valence-electron chi connectivity index (χ4n) is 2.26. The Kier molecular flexibility index (Phi) is 2.88. The van der Waals surface area contributed by atoms with E-state index in [1.807, 2.05) is 19.1 Å². The molecule has 2 rings (SSSR count). The molecule has 2 aromatic carbocycles. The topological polar surface area (TPSA) is 37.3 Å². The number of carbonyl (C=O) groups is 1. The molecule has 0 amide bonds. The molecule has 0 saturated carbocycles. The van der Waals surface area contributed by atoms with Crippen LogP contribution in [0.4, 0.5) is 0 Å². The van der Waals surface area contributed by atoms with Crippen LogP contribution in [0.1, 0.15) is 29.5 Å². The molecule has 0 radical (unpaired) electrons. The maximum Gasteiger partial charge on any atom is 0.310 e. The number of rotatable bonds is 2. The predicted molar refractivity (Wildman–Crippen MR) is 69.5 cm³/mol. The van der Waals surface area contributed by atoms with E-state index in [-0.39, 0.29) is 0 Å². The molecule has 0 aromatic heterocycles. The largest absolute Gasteiger partial charge is 0.481 e. The Hall–Kier alpha value is -1.83. The third kappa shape index (κ3) is 1.91. The summed E-state index contributed by atoms with van der Waals surface area (Å²) in [6.07, 6.45) is 0. The summed E-state index contributed by atoms with van der Waals surface area (Å²) in [6, 6.07) is 10.0. The molecule has 1 unspecified atom stereocenters. The van der Waals surface area contributed by atoms with Gasteiger partial charge in [0.15, 0.2) is 0 Å². The van der Waals surface area contributed by atoms with Crippen molar-refractivity contribution in [3.8, 4) is 0 Å². The zero-order valence-electron chi connectivity index (χ0n) is 10.3. The van der Waals surface area contributed by atoms with Gasteiger partial charge < -0.3 is 5.11 Å². The molecule has 0 heterocycles. The standard InChI is InChI=1S/C15H16O2/c1-9-7-8-10(2)14-12(9)5-4-6-13(14)11(3)15(16)17/h4-8,11H,1-3H3,(H,16,17). The molecule has 2 nitrogen and oxygen atoms in total. The first-order valence-electron chi connectivity index (χ1n) is 5.74. The summed E-state index contributed by atoms with van der Waals surface area (Å²) >= 11 is 0. The molecule has 0 fully saturated rings. The summed E-state index contributed by atoms with van der Waals surface area (Å²) in [7, 11) is 0. The van der Waals surface area contributed by atoms with Gasteiger partial charge in [-0.2, -0.15) is 0 Å². The van der Waals surface area contributed by atoms with Gasteiger partial charge in [-0.1, -0.05) is 30.3 Å². The smallest absolute Gasteiger partial charge is 0.310 e. The zero-order valence-corrected chi connectivity index (χ0v) is 10.3. The van der Waals surface area contributed by atoms with E-state index < -0.39 is 11.9 Å². The summed E-state index contributed by atoms with van der Waals surface area (Å²) in [5.41, 5.74) is 3.22. The highest BCUT2D eigenvalue weighted by atomic mass is 16.4. The normalized spacial score (nSPS) is 12.6. The Bertz CT molecular complexity index is 585. The number of benzene rings is 2. The van der Waals surface area contributed by atoms with Crippen LogP contribution in [0.3, 0.4) is 0 Å². The van der Waals surface area contributed by atoms with Crippen molar-refractivity contribution in [2.75, 3.05) is 0 Å². The lowest BCUT2D eigenvalue weighted by Gasteiger charge is -2.14. The van der Waals surface area contributed by atoms with Crippen LogP contribution in [0.25, 0.3) is 10.8 Å². The molecule has 1 atom stereocenters. The van der Waals surface area contributed by atoms with Crippen molar-refractivity contribution in [2.24, 2.45) is 0 Å². The Morgan fingerprint density at radius 2 is 1.76 bits per heavy atom. The third-order valence-electron chi connectivity index (χ3n) is 3.34. The van der Waals surface area contributed by atoms with Gasteiger partial charge in [0.2, 0.25) is 0 Å². The van der Waals surface area contributed by atoms with Gasteiger partial charge in [-0.3, -0.25) is 4.79 Å². The molecule has 0 spiro atoms. The second-order valence-electron chi connectivity index (χ2n) is 4.53. The average molecular weight is 228 g/mol. The van der Waals surface area contributed by atoms with Gasteiger partial charge in [-0.05, 0) is 48.2 Å². The van der Waals surface area contributed by atoms with Crippen molar-refractivity contribution < 1.29 is 9.90 Å². The number of fused-ring (bicyclic) bond motifs is 1. The number of carboxylic acid groups (broad SMARTS) is 1. The van der Waals surface area contributed by atoms with Crippen LogP contribution in [0.2, 0.25) is 0 Å². The van der Waals surface area contributed by atoms with Gasteiger partial charge in [0.25, 0.3) is 0 Å². The second kappa shape index (κ2) is 4.21. The molecule has 0 aliphatic carbocycles. The number of aryl methyl sites for hydroxylation is 2. The molecule has 88 valence electrons. The van der Waals surface area contributed by atoms with Gasteiger partial charge >= 0.3 is 5.97 Å². The van der Waals surface area contributed by atoms with Crippen LogP contribution in [-0.2, 0) is 4.79 Å². The van der Waals surface area contributed by atoms with E-state index in [0.29, 0.717) is 0 Å². The van der Waals surface area contributed by atoms with Crippen molar-refractivity contribution in [1.82, 2.24) is 0 Å². The fraction of sp³-hybridized carbons (Fsp3) is 0.267. The van der Waals surface area contributed by atoms with Gasteiger partial charge in [0.05, 0.1) is 5.92 Å². The number of hydrogen-bond acceptors (Lipinski definition) is 1. The minimum absolute atomic E-state index is 0.473. The van der Waals surface area contributed by atoms with Crippen molar-refractivity contribution in [3.05, 3.63) is 47.0 Å². The van der Waals surface area contributed by atoms with Crippen LogP contribution >= 0.6 is 0 Å². The molecule has 0 aliphatic heterocycles. The van der Waals surface area contributed by atoms with Crippen molar-refractivity contribution in [3.63, 3.8) is 0 Å². The molecule has 0 saturated heterocycles. The third-order valence-corrected chi connectivity index (χ3v) is 3.34.